The van der Waals surface area contributed by atoms with E-state index in [1.165, 1.54) is 5.56 Å². The minimum atomic E-state index is -0.0105. The van der Waals surface area contributed by atoms with Crippen LogP contribution in [0.4, 0.5) is 0 Å². The molecule has 0 saturated heterocycles. The van der Waals surface area contributed by atoms with Gasteiger partial charge >= 0.3 is 0 Å². The van der Waals surface area contributed by atoms with Crippen LogP contribution in [0.25, 0.3) is 0 Å². The molecule has 2 aromatic rings. The fourth-order valence-electron chi connectivity index (χ4n) is 1.79. The van der Waals surface area contributed by atoms with Gasteiger partial charge in [0.15, 0.2) is 0 Å². The zero-order valence-electron chi connectivity index (χ0n) is 10.6. The van der Waals surface area contributed by atoms with E-state index in [0.29, 0.717) is 6.54 Å². The molecule has 0 bridgehead atoms. The topological polar surface area (TPSA) is 46.9 Å². The van der Waals surface area contributed by atoms with Gasteiger partial charge in [0.1, 0.15) is 6.54 Å². The summed E-state index contributed by atoms with van der Waals surface area (Å²) in [5.41, 5.74) is 1.30. The smallest absolute Gasteiger partial charge is 0.241 e. The van der Waals surface area contributed by atoms with Crippen molar-refractivity contribution >= 4 is 21.8 Å². The third-order valence-corrected chi connectivity index (χ3v) is 3.12. The van der Waals surface area contributed by atoms with Crippen molar-refractivity contribution in [2.24, 2.45) is 0 Å². The average molecular weight is 322 g/mol. The number of hydrogen-bond acceptors (Lipinski definition) is 2. The molecular weight excluding hydrogens is 306 g/mol. The Morgan fingerprint density at radius 1 is 1.32 bits per heavy atom. The van der Waals surface area contributed by atoms with Crippen LogP contribution < -0.4 is 5.32 Å². The molecule has 1 aromatic heterocycles. The number of amides is 1. The Kier molecular flexibility index (Phi) is 5.15. The van der Waals surface area contributed by atoms with Gasteiger partial charge in [-0.05, 0) is 34.3 Å². The molecule has 0 saturated carbocycles. The molecule has 5 heteroatoms. The number of carbonyl (C=O) groups excluding carboxylic acids is 1. The highest BCUT2D eigenvalue weighted by atomic mass is 79.9. The van der Waals surface area contributed by atoms with E-state index in [-0.39, 0.29) is 12.5 Å². The van der Waals surface area contributed by atoms with Gasteiger partial charge in [-0.15, -0.1) is 0 Å². The van der Waals surface area contributed by atoms with Gasteiger partial charge in [0.2, 0.25) is 5.91 Å². The third kappa shape index (κ3) is 4.87. The van der Waals surface area contributed by atoms with E-state index in [9.17, 15) is 4.79 Å². The first-order valence-electron chi connectivity index (χ1n) is 6.22. The largest absolute Gasteiger partial charge is 0.354 e. The molecule has 1 N–H and O–H groups in total. The maximum absolute atomic E-state index is 11.6. The van der Waals surface area contributed by atoms with Crippen LogP contribution in [0.3, 0.4) is 0 Å². The molecule has 0 aliphatic carbocycles. The van der Waals surface area contributed by atoms with Crippen LogP contribution in [0.1, 0.15) is 12.0 Å². The summed E-state index contributed by atoms with van der Waals surface area (Å²) in [5, 5.41) is 6.94. The van der Waals surface area contributed by atoms with Crippen LogP contribution in [-0.4, -0.2) is 22.2 Å². The summed E-state index contributed by atoms with van der Waals surface area (Å²) in [5.74, 6) is -0.0105. The van der Waals surface area contributed by atoms with E-state index in [4.69, 9.17) is 0 Å². The number of benzene rings is 1. The summed E-state index contributed by atoms with van der Waals surface area (Å²) in [6.45, 7) is 0.951. The van der Waals surface area contributed by atoms with Crippen LogP contribution in [0, 0.1) is 0 Å². The number of nitrogens with one attached hydrogen (secondary N) is 1. The summed E-state index contributed by atoms with van der Waals surface area (Å²) in [4.78, 5) is 11.6. The molecule has 1 aromatic carbocycles. The summed E-state index contributed by atoms with van der Waals surface area (Å²) in [6.07, 6.45) is 5.37. The predicted octanol–water partition coefficient (Wildman–Crippen LogP) is 2.39. The van der Waals surface area contributed by atoms with Gasteiger partial charge in [-0.1, -0.05) is 30.3 Å². The van der Waals surface area contributed by atoms with Crippen LogP contribution in [-0.2, 0) is 17.8 Å². The van der Waals surface area contributed by atoms with Gasteiger partial charge in [0.25, 0.3) is 0 Å². The van der Waals surface area contributed by atoms with Gasteiger partial charge in [0, 0.05) is 12.7 Å². The number of aromatic nitrogens is 2. The lowest BCUT2D eigenvalue weighted by atomic mass is 10.1. The molecule has 4 nitrogen and oxygen atoms in total. The lowest BCUT2D eigenvalue weighted by molar-refractivity contribution is -0.121. The molecular formula is C14H16BrN3O. The number of halogens is 1. The molecule has 0 aliphatic heterocycles. The summed E-state index contributed by atoms with van der Waals surface area (Å²) in [6, 6.07) is 10.3. The average Bonchev–Trinajstić information content (AvgIpc) is 2.81. The van der Waals surface area contributed by atoms with Crippen molar-refractivity contribution in [3.63, 3.8) is 0 Å². The number of carbonyl (C=O) groups is 1. The second-order valence-corrected chi connectivity index (χ2v) is 5.21. The van der Waals surface area contributed by atoms with Crippen molar-refractivity contribution in [2.75, 3.05) is 6.54 Å². The fourth-order valence-corrected chi connectivity index (χ4v) is 2.12. The molecule has 0 unspecified atom stereocenters. The SMILES string of the molecule is O=C(Cn1cc(Br)cn1)NCCCc1ccccc1. The Hall–Kier alpha value is -1.62. The highest BCUT2D eigenvalue weighted by molar-refractivity contribution is 9.10. The third-order valence-electron chi connectivity index (χ3n) is 2.71. The molecule has 1 heterocycles. The van der Waals surface area contributed by atoms with Gasteiger partial charge in [-0.2, -0.15) is 5.10 Å². The number of nitrogens with zero attached hydrogens (tertiary/aromatic N) is 2. The molecule has 2 rings (SSSR count). The summed E-state index contributed by atoms with van der Waals surface area (Å²) >= 11 is 3.30. The summed E-state index contributed by atoms with van der Waals surface area (Å²) in [7, 11) is 0. The van der Waals surface area contributed by atoms with Crippen LogP contribution in [0.5, 0.6) is 0 Å². The first-order valence-corrected chi connectivity index (χ1v) is 7.02. The summed E-state index contributed by atoms with van der Waals surface area (Å²) < 4.78 is 2.49. The van der Waals surface area contributed by atoms with Crippen LogP contribution in [0.15, 0.2) is 47.2 Å². The van der Waals surface area contributed by atoms with Crippen molar-refractivity contribution in [3.05, 3.63) is 52.8 Å². The second-order valence-electron chi connectivity index (χ2n) is 4.30. The van der Waals surface area contributed by atoms with Crippen molar-refractivity contribution in [1.82, 2.24) is 15.1 Å². The van der Waals surface area contributed by atoms with E-state index >= 15 is 0 Å². The lowest BCUT2D eigenvalue weighted by Crippen LogP contribution is -2.28. The Balaban J connectivity index is 1.64. The van der Waals surface area contributed by atoms with Crippen LogP contribution >= 0.6 is 15.9 Å². The Morgan fingerprint density at radius 2 is 2.11 bits per heavy atom. The Bertz CT molecular complexity index is 524. The molecule has 0 aliphatic rings. The maximum Gasteiger partial charge on any atom is 0.241 e. The van der Waals surface area contributed by atoms with Gasteiger partial charge in [-0.3, -0.25) is 9.48 Å². The van der Waals surface area contributed by atoms with E-state index < -0.39 is 0 Å². The first-order chi connectivity index (χ1) is 9.24. The van der Waals surface area contributed by atoms with Crippen molar-refractivity contribution in [2.45, 2.75) is 19.4 Å². The molecule has 1 amide bonds. The monoisotopic (exact) mass is 321 g/mol. The molecule has 100 valence electrons. The fraction of sp³-hybridized carbons (Fsp3) is 0.286. The van der Waals surface area contributed by atoms with Gasteiger partial charge in [-0.25, -0.2) is 0 Å². The minimum Gasteiger partial charge on any atom is -0.354 e. The van der Waals surface area contributed by atoms with Crippen molar-refractivity contribution < 1.29 is 4.79 Å². The second kappa shape index (κ2) is 7.09. The Morgan fingerprint density at radius 3 is 2.79 bits per heavy atom. The molecule has 0 radical (unpaired) electrons. The molecule has 0 spiro atoms. The number of hydrogen-bond donors (Lipinski definition) is 1. The number of aryl methyl sites for hydroxylation is 1. The highest BCUT2D eigenvalue weighted by Gasteiger charge is 2.03. The minimum absolute atomic E-state index is 0.0105. The first kappa shape index (κ1) is 13.8. The van der Waals surface area contributed by atoms with E-state index in [2.05, 4.69) is 38.5 Å². The molecule has 0 atom stereocenters. The van der Waals surface area contributed by atoms with Crippen molar-refractivity contribution in [3.8, 4) is 0 Å². The molecule has 0 fully saturated rings. The zero-order chi connectivity index (χ0) is 13.5. The number of rotatable bonds is 6. The highest BCUT2D eigenvalue weighted by Crippen LogP contribution is 2.05. The normalized spacial score (nSPS) is 10.4. The van der Waals surface area contributed by atoms with E-state index in [1.807, 2.05) is 18.2 Å². The maximum atomic E-state index is 11.6. The van der Waals surface area contributed by atoms with Gasteiger partial charge < -0.3 is 5.32 Å². The van der Waals surface area contributed by atoms with E-state index in [0.717, 1.165) is 17.3 Å². The lowest BCUT2D eigenvalue weighted by Gasteiger charge is -2.05. The zero-order valence-corrected chi connectivity index (χ0v) is 12.1. The predicted molar refractivity (Wildman–Crippen MR) is 77.7 cm³/mol. The van der Waals surface area contributed by atoms with Crippen molar-refractivity contribution in [1.29, 1.82) is 0 Å². The van der Waals surface area contributed by atoms with E-state index in [1.54, 1.807) is 17.1 Å². The quantitative estimate of drug-likeness (QED) is 0.830. The van der Waals surface area contributed by atoms with Gasteiger partial charge in [0.05, 0.1) is 10.7 Å². The standard InChI is InChI=1S/C14H16BrN3O/c15-13-9-17-18(10-13)11-14(19)16-8-4-7-12-5-2-1-3-6-12/h1-3,5-6,9-10H,4,7-8,11H2,(H,16,19). The molecule has 19 heavy (non-hydrogen) atoms. The Labute approximate surface area is 120 Å². The van der Waals surface area contributed by atoms with Crippen LogP contribution in [0.2, 0.25) is 0 Å².